The van der Waals surface area contributed by atoms with Gasteiger partial charge in [-0.05, 0) is 54.7 Å². The Morgan fingerprint density at radius 1 is 0.952 bits per heavy atom. The number of hydrogen-bond acceptors (Lipinski definition) is 1. The number of benzene rings is 1. The average Bonchev–Trinajstić information content (AvgIpc) is 2.49. The first kappa shape index (κ1) is 16.5. The first-order chi connectivity index (χ1) is 10.2. The highest BCUT2D eigenvalue weighted by Crippen LogP contribution is 2.30. The summed E-state index contributed by atoms with van der Waals surface area (Å²) in [6, 6.07) is 9.17. The zero-order valence-electron chi connectivity index (χ0n) is 14.2. The molecule has 0 spiro atoms. The molecule has 2 rings (SSSR count). The van der Waals surface area contributed by atoms with Crippen molar-refractivity contribution in [3.8, 4) is 0 Å². The molecule has 0 unspecified atom stereocenters. The second kappa shape index (κ2) is 8.58. The number of rotatable bonds is 7. The van der Waals surface area contributed by atoms with Crippen LogP contribution in [0.4, 0.5) is 0 Å². The van der Waals surface area contributed by atoms with Crippen LogP contribution in [0, 0.1) is 17.8 Å². The Morgan fingerprint density at radius 3 is 2.10 bits per heavy atom. The lowest BCUT2D eigenvalue weighted by atomic mass is 9.81. The minimum atomic E-state index is 0.743. The third-order valence-electron chi connectivity index (χ3n) is 4.97. The molecule has 0 radical (unpaired) electrons. The molecule has 1 N–H and O–H groups in total. The Labute approximate surface area is 131 Å². The fourth-order valence-electron chi connectivity index (χ4n) is 3.53. The number of hydrogen-bond donors (Lipinski definition) is 1. The first-order valence-electron chi connectivity index (χ1n) is 8.96. The van der Waals surface area contributed by atoms with Crippen LogP contribution in [-0.2, 0) is 13.0 Å². The molecule has 0 aromatic heterocycles. The van der Waals surface area contributed by atoms with Gasteiger partial charge in [-0.25, -0.2) is 0 Å². The Hall–Kier alpha value is -0.820. The summed E-state index contributed by atoms with van der Waals surface area (Å²) in [7, 11) is 0. The van der Waals surface area contributed by atoms with E-state index in [0.29, 0.717) is 0 Å². The second-order valence-electron chi connectivity index (χ2n) is 7.34. The van der Waals surface area contributed by atoms with Crippen LogP contribution < -0.4 is 5.32 Å². The molecule has 1 aromatic carbocycles. The smallest absolute Gasteiger partial charge is 0.0205 e. The highest BCUT2D eigenvalue weighted by molar-refractivity contribution is 5.22. The third kappa shape index (κ3) is 5.82. The zero-order chi connectivity index (χ0) is 15.1. The van der Waals surface area contributed by atoms with Crippen LogP contribution in [0.1, 0.15) is 64.0 Å². The minimum Gasteiger partial charge on any atom is -0.312 e. The molecule has 1 heteroatoms. The van der Waals surface area contributed by atoms with Crippen molar-refractivity contribution in [3.63, 3.8) is 0 Å². The van der Waals surface area contributed by atoms with Crippen molar-refractivity contribution >= 4 is 0 Å². The van der Waals surface area contributed by atoms with Gasteiger partial charge in [0.2, 0.25) is 0 Å². The summed E-state index contributed by atoms with van der Waals surface area (Å²) in [4.78, 5) is 0. The van der Waals surface area contributed by atoms with Crippen LogP contribution in [0.25, 0.3) is 0 Å². The minimum absolute atomic E-state index is 0.743. The van der Waals surface area contributed by atoms with Gasteiger partial charge in [-0.1, -0.05) is 64.3 Å². The van der Waals surface area contributed by atoms with E-state index in [1.807, 2.05) is 0 Å². The summed E-state index contributed by atoms with van der Waals surface area (Å²) in [5.41, 5.74) is 2.89. The molecule has 1 aliphatic carbocycles. The lowest BCUT2D eigenvalue weighted by Crippen LogP contribution is -2.26. The molecule has 1 fully saturated rings. The maximum absolute atomic E-state index is 3.66. The largest absolute Gasteiger partial charge is 0.312 e. The SMILES string of the molecule is CCC1CCC(CNCc2ccc(CC(C)C)cc2)CC1. The van der Waals surface area contributed by atoms with Gasteiger partial charge in [0.15, 0.2) is 0 Å². The van der Waals surface area contributed by atoms with Gasteiger partial charge in [0.05, 0.1) is 0 Å². The summed E-state index contributed by atoms with van der Waals surface area (Å²) in [6.45, 7) is 9.12. The Balaban J connectivity index is 1.67. The van der Waals surface area contributed by atoms with E-state index in [2.05, 4.69) is 50.4 Å². The van der Waals surface area contributed by atoms with Gasteiger partial charge < -0.3 is 5.32 Å². The lowest BCUT2D eigenvalue weighted by Gasteiger charge is -2.27. The van der Waals surface area contributed by atoms with Crippen LogP contribution in [0.3, 0.4) is 0 Å². The molecule has 0 amide bonds. The quantitative estimate of drug-likeness (QED) is 0.727. The summed E-state index contributed by atoms with van der Waals surface area (Å²) in [6.07, 6.45) is 8.33. The second-order valence-corrected chi connectivity index (χ2v) is 7.34. The normalized spacial score (nSPS) is 22.7. The summed E-state index contributed by atoms with van der Waals surface area (Å²) >= 11 is 0. The van der Waals surface area contributed by atoms with E-state index in [4.69, 9.17) is 0 Å². The van der Waals surface area contributed by atoms with E-state index < -0.39 is 0 Å². The lowest BCUT2D eigenvalue weighted by molar-refractivity contribution is 0.262. The van der Waals surface area contributed by atoms with Crippen molar-refractivity contribution in [2.75, 3.05) is 6.54 Å². The van der Waals surface area contributed by atoms with E-state index in [1.165, 1.54) is 56.2 Å². The standard InChI is InChI=1S/C20H33N/c1-4-17-5-9-19(10-6-17)14-21-15-20-11-7-18(8-12-20)13-16(2)3/h7-8,11-12,16-17,19,21H,4-6,9-10,13-15H2,1-3H3. The molecule has 0 aliphatic heterocycles. The first-order valence-corrected chi connectivity index (χ1v) is 8.96. The molecular weight excluding hydrogens is 254 g/mol. The zero-order valence-corrected chi connectivity index (χ0v) is 14.2. The highest BCUT2D eigenvalue weighted by atomic mass is 14.9. The van der Waals surface area contributed by atoms with Crippen LogP contribution in [0.2, 0.25) is 0 Å². The Kier molecular flexibility index (Phi) is 6.76. The molecule has 21 heavy (non-hydrogen) atoms. The van der Waals surface area contributed by atoms with Crippen LogP contribution in [-0.4, -0.2) is 6.54 Å². The van der Waals surface area contributed by atoms with E-state index in [-0.39, 0.29) is 0 Å². The molecule has 0 saturated heterocycles. The molecule has 1 nitrogen and oxygen atoms in total. The van der Waals surface area contributed by atoms with Crippen molar-refractivity contribution in [3.05, 3.63) is 35.4 Å². The van der Waals surface area contributed by atoms with E-state index in [0.717, 1.165) is 24.3 Å². The average molecular weight is 287 g/mol. The summed E-state index contributed by atoms with van der Waals surface area (Å²) in [5, 5.41) is 3.66. The molecule has 118 valence electrons. The van der Waals surface area contributed by atoms with Crippen molar-refractivity contribution in [2.24, 2.45) is 17.8 Å². The van der Waals surface area contributed by atoms with Crippen LogP contribution in [0.5, 0.6) is 0 Å². The van der Waals surface area contributed by atoms with Gasteiger partial charge in [0, 0.05) is 6.54 Å². The molecule has 1 saturated carbocycles. The predicted octanol–water partition coefficient (Wildman–Crippen LogP) is 5.19. The van der Waals surface area contributed by atoms with E-state index in [1.54, 1.807) is 0 Å². The van der Waals surface area contributed by atoms with Gasteiger partial charge in [-0.2, -0.15) is 0 Å². The van der Waals surface area contributed by atoms with Gasteiger partial charge in [0.25, 0.3) is 0 Å². The third-order valence-corrected chi connectivity index (χ3v) is 4.97. The highest BCUT2D eigenvalue weighted by Gasteiger charge is 2.19. The maximum atomic E-state index is 3.66. The maximum Gasteiger partial charge on any atom is 0.0205 e. The van der Waals surface area contributed by atoms with Gasteiger partial charge in [-0.3, -0.25) is 0 Å². The molecule has 0 atom stereocenters. The molecular formula is C20H33N. The fourth-order valence-corrected chi connectivity index (χ4v) is 3.53. The van der Waals surface area contributed by atoms with Gasteiger partial charge in [0.1, 0.15) is 0 Å². The van der Waals surface area contributed by atoms with Crippen LogP contribution in [0.15, 0.2) is 24.3 Å². The van der Waals surface area contributed by atoms with Crippen molar-refractivity contribution in [2.45, 2.75) is 65.8 Å². The monoisotopic (exact) mass is 287 g/mol. The van der Waals surface area contributed by atoms with Crippen LogP contribution >= 0.6 is 0 Å². The summed E-state index contributed by atoms with van der Waals surface area (Å²) in [5.74, 6) is 2.66. The topological polar surface area (TPSA) is 12.0 Å². The van der Waals surface area contributed by atoms with Gasteiger partial charge >= 0.3 is 0 Å². The van der Waals surface area contributed by atoms with Gasteiger partial charge in [-0.15, -0.1) is 0 Å². The summed E-state index contributed by atoms with van der Waals surface area (Å²) < 4.78 is 0. The molecule has 1 aromatic rings. The number of nitrogens with one attached hydrogen (secondary N) is 1. The van der Waals surface area contributed by atoms with E-state index >= 15 is 0 Å². The Bertz CT molecular complexity index is 385. The Morgan fingerprint density at radius 2 is 1.52 bits per heavy atom. The molecule has 0 bridgehead atoms. The molecule has 1 aliphatic rings. The van der Waals surface area contributed by atoms with Crippen molar-refractivity contribution in [1.29, 1.82) is 0 Å². The van der Waals surface area contributed by atoms with Crippen molar-refractivity contribution < 1.29 is 0 Å². The fraction of sp³-hybridized carbons (Fsp3) is 0.700. The molecule has 0 heterocycles. The predicted molar refractivity (Wildman–Crippen MR) is 92.4 cm³/mol. The van der Waals surface area contributed by atoms with Crippen molar-refractivity contribution in [1.82, 2.24) is 5.32 Å². The van der Waals surface area contributed by atoms with E-state index in [9.17, 15) is 0 Å².